The Morgan fingerprint density at radius 3 is 2.17 bits per heavy atom. The van der Waals surface area contributed by atoms with Crippen LogP contribution < -0.4 is 19.8 Å². The van der Waals surface area contributed by atoms with Gasteiger partial charge in [-0.2, -0.15) is 0 Å². The van der Waals surface area contributed by atoms with E-state index >= 15 is 0 Å². The fraction of sp³-hybridized carbons (Fsp3) is 0.393. The van der Waals surface area contributed by atoms with Gasteiger partial charge in [0.2, 0.25) is 5.75 Å². The predicted octanol–water partition coefficient (Wildman–Crippen LogP) is 6.46. The summed E-state index contributed by atoms with van der Waals surface area (Å²) >= 11 is 0. The number of hydrogen-bond acceptors (Lipinski definition) is 7. The molecule has 0 aliphatic heterocycles. The number of rotatable bonds is 13. The molecule has 0 spiro atoms. The average molecular weight is 481 g/mol. The molecule has 0 saturated heterocycles. The molecule has 0 aliphatic rings. The first-order chi connectivity index (χ1) is 17.0. The molecule has 7 nitrogen and oxygen atoms in total. The molecule has 186 valence electrons. The first kappa shape index (κ1) is 26.0. The lowest BCUT2D eigenvalue weighted by atomic mass is 10.1. The monoisotopic (exact) mass is 480 g/mol. The molecule has 0 N–H and O–H groups in total. The van der Waals surface area contributed by atoms with Crippen molar-refractivity contribution in [3.63, 3.8) is 0 Å². The number of esters is 2. The van der Waals surface area contributed by atoms with Crippen LogP contribution in [0.2, 0.25) is 0 Å². The molecule has 0 bridgehead atoms. The van der Waals surface area contributed by atoms with Crippen molar-refractivity contribution in [2.45, 2.75) is 65.2 Å². The van der Waals surface area contributed by atoms with E-state index in [9.17, 15) is 14.4 Å². The van der Waals surface area contributed by atoms with Gasteiger partial charge in [0.25, 0.3) is 0 Å². The van der Waals surface area contributed by atoms with E-state index in [2.05, 4.69) is 6.92 Å². The lowest BCUT2D eigenvalue weighted by molar-refractivity contribution is -0.131. The summed E-state index contributed by atoms with van der Waals surface area (Å²) in [5.41, 5.74) is -0.491. The first-order valence-corrected chi connectivity index (χ1v) is 12.2. The predicted molar refractivity (Wildman–Crippen MR) is 133 cm³/mol. The Hall–Kier alpha value is -3.61. The Kier molecular flexibility index (Phi) is 9.90. The molecular formula is C28H32O7. The number of ether oxygens (including phenoxy) is 3. The fourth-order valence-electron chi connectivity index (χ4n) is 3.75. The summed E-state index contributed by atoms with van der Waals surface area (Å²) in [6.07, 6.45) is 8.99. The molecule has 0 unspecified atom stereocenters. The molecule has 0 fully saturated rings. The fourth-order valence-corrected chi connectivity index (χ4v) is 3.75. The summed E-state index contributed by atoms with van der Waals surface area (Å²) in [7, 11) is 0. The highest BCUT2D eigenvalue weighted by Gasteiger charge is 2.23. The standard InChI is InChI=1S/C28H32O7/c1-3-4-5-6-7-8-9-13-19-32-26-25(35-27(30)21-15-11-10-12-16-21)22-17-14-18-23(33-20(2)29)24(22)34-28(26)31/h10-12,14-18H,3-9,13,19H2,1-2H3. The van der Waals surface area contributed by atoms with Crippen molar-refractivity contribution in [2.75, 3.05) is 6.61 Å². The zero-order chi connectivity index (χ0) is 25.0. The normalized spacial score (nSPS) is 10.8. The zero-order valence-corrected chi connectivity index (χ0v) is 20.3. The number of carbonyl (C=O) groups is 2. The number of benzene rings is 2. The van der Waals surface area contributed by atoms with E-state index in [1.807, 2.05) is 0 Å². The number of carbonyl (C=O) groups excluding carboxylic acids is 2. The maximum atomic E-state index is 12.9. The van der Waals surface area contributed by atoms with Crippen molar-refractivity contribution in [2.24, 2.45) is 0 Å². The van der Waals surface area contributed by atoms with Crippen LogP contribution in [0.15, 0.2) is 57.7 Å². The number of fused-ring (bicyclic) bond motifs is 1. The minimum Gasteiger partial charge on any atom is -0.484 e. The molecule has 3 rings (SSSR count). The van der Waals surface area contributed by atoms with Crippen LogP contribution in [0.5, 0.6) is 17.2 Å². The van der Waals surface area contributed by atoms with Crippen LogP contribution in [-0.2, 0) is 4.79 Å². The summed E-state index contributed by atoms with van der Waals surface area (Å²) in [4.78, 5) is 37.2. The molecule has 0 saturated carbocycles. The van der Waals surface area contributed by atoms with Crippen LogP contribution in [0.3, 0.4) is 0 Å². The Morgan fingerprint density at radius 1 is 0.800 bits per heavy atom. The maximum Gasteiger partial charge on any atom is 0.383 e. The molecular weight excluding hydrogens is 448 g/mol. The highest BCUT2D eigenvalue weighted by molar-refractivity contribution is 5.97. The van der Waals surface area contributed by atoms with Gasteiger partial charge in [-0.25, -0.2) is 9.59 Å². The van der Waals surface area contributed by atoms with Crippen molar-refractivity contribution in [1.29, 1.82) is 0 Å². The molecule has 1 aromatic heterocycles. The Labute approximate surface area is 205 Å². The summed E-state index contributed by atoms with van der Waals surface area (Å²) in [5.74, 6) is -1.40. The van der Waals surface area contributed by atoms with Crippen molar-refractivity contribution >= 4 is 22.9 Å². The molecule has 3 aromatic rings. The van der Waals surface area contributed by atoms with Crippen LogP contribution >= 0.6 is 0 Å². The van der Waals surface area contributed by atoms with E-state index in [0.29, 0.717) is 10.9 Å². The molecule has 1 heterocycles. The van der Waals surface area contributed by atoms with Gasteiger partial charge in [-0.3, -0.25) is 4.79 Å². The van der Waals surface area contributed by atoms with Crippen LogP contribution in [0.4, 0.5) is 0 Å². The summed E-state index contributed by atoms with van der Waals surface area (Å²) in [6.45, 7) is 3.72. The smallest absolute Gasteiger partial charge is 0.383 e. The van der Waals surface area contributed by atoms with E-state index in [1.165, 1.54) is 45.1 Å². The molecule has 0 aliphatic carbocycles. The highest BCUT2D eigenvalue weighted by Crippen LogP contribution is 2.37. The second-order valence-electron chi connectivity index (χ2n) is 8.35. The molecule has 0 radical (unpaired) electrons. The van der Waals surface area contributed by atoms with Gasteiger partial charge in [0.1, 0.15) is 0 Å². The Balaban J connectivity index is 1.82. The first-order valence-electron chi connectivity index (χ1n) is 12.2. The Bertz CT molecular complexity index is 1180. The molecule has 35 heavy (non-hydrogen) atoms. The van der Waals surface area contributed by atoms with Gasteiger partial charge < -0.3 is 18.6 Å². The third-order valence-corrected chi connectivity index (χ3v) is 5.51. The lowest BCUT2D eigenvalue weighted by Gasteiger charge is -2.14. The zero-order valence-electron chi connectivity index (χ0n) is 20.3. The van der Waals surface area contributed by atoms with Crippen molar-refractivity contribution in [3.8, 4) is 17.2 Å². The number of para-hydroxylation sites is 1. The van der Waals surface area contributed by atoms with Gasteiger partial charge >= 0.3 is 17.6 Å². The van der Waals surface area contributed by atoms with Crippen molar-refractivity contribution in [3.05, 3.63) is 64.5 Å². The number of unbranched alkanes of at least 4 members (excludes halogenated alkanes) is 7. The quantitative estimate of drug-likeness (QED) is 0.120. The third-order valence-electron chi connectivity index (χ3n) is 5.51. The van der Waals surface area contributed by atoms with Crippen LogP contribution in [0.25, 0.3) is 11.0 Å². The minimum absolute atomic E-state index is 0.00277. The maximum absolute atomic E-state index is 12.9. The van der Waals surface area contributed by atoms with Gasteiger partial charge in [-0.1, -0.05) is 76.1 Å². The van der Waals surface area contributed by atoms with Crippen LogP contribution in [-0.4, -0.2) is 18.5 Å². The van der Waals surface area contributed by atoms with Gasteiger partial charge in [0.05, 0.1) is 17.6 Å². The van der Waals surface area contributed by atoms with E-state index in [0.717, 1.165) is 19.3 Å². The van der Waals surface area contributed by atoms with Crippen LogP contribution in [0.1, 0.15) is 75.6 Å². The van der Waals surface area contributed by atoms with E-state index in [4.69, 9.17) is 18.6 Å². The lowest BCUT2D eigenvalue weighted by Crippen LogP contribution is -2.15. The second-order valence-corrected chi connectivity index (χ2v) is 8.35. The highest BCUT2D eigenvalue weighted by atomic mass is 16.6. The van der Waals surface area contributed by atoms with Crippen molar-refractivity contribution in [1.82, 2.24) is 0 Å². The van der Waals surface area contributed by atoms with E-state index < -0.39 is 17.6 Å². The molecule has 2 aromatic carbocycles. The molecule has 7 heteroatoms. The Morgan fingerprint density at radius 2 is 1.49 bits per heavy atom. The average Bonchev–Trinajstić information content (AvgIpc) is 2.85. The summed E-state index contributed by atoms with van der Waals surface area (Å²) in [6, 6.07) is 13.2. The second kappa shape index (κ2) is 13.3. The summed E-state index contributed by atoms with van der Waals surface area (Å²) < 4.78 is 22.1. The van der Waals surface area contributed by atoms with Crippen LogP contribution in [0, 0.1) is 0 Å². The van der Waals surface area contributed by atoms with Gasteiger partial charge in [0, 0.05) is 6.92 Å². The largest absolute Gasteiger partial charge is 0.484 e. The minimum atomic E-state index is -0.812. The molecule has 0 atom stereocenters. The third kappa shape index (κ3) is 7.44. The topological polar surface area (TPSA) is 92.0 Å². The van der Waals surface area contributed by atoms with E-state index in [-0.39, 0.29) is 29.4 Å². The van der Waals surface area contributed by atoms with E-state index in [1.54, 1.807) is 42.5 Å². The summed E-state index contributed by atoms with van der Waals surface area (Å²) in [5, 5.41) is 0.290. The molecule has 0 amide bonds. The number of hydrogen-bond donors (Lipinski definition) is 0. The van der Waals surface area contributed by atoms with Crippen molar-refractivity contribution < 1.29 is 28.2 Å². The SMILES string of the molecule is CCCCCCCCCCOc1c(OC(=O)c2ccccc2)c2cccc(OC(C)=O)c2oc1=O. The van der Waals surface area contributed by atoms with Gasteiger partial charge in [-0.05, 0) is 30.7 Å². The van der Waals surface area contributed by atoms with Gasteiger partial charge in [-0.15, -0.1) is 0 Å². The van der Waals surface area contributed by atoms with Gasteiger partial charge in [0.15, 0.2) is 17.1 Å².